The van der Waals surface area contributed by atoms with Crippen molar-refractivity contribution in [3.8, 4) is 0 Å². The van der Waals surface area contributed by atoms with Gasteiger partial charge in [-0.3, -0.25) is 14.2 Å². The number of nitrogens with zero attached hydrogens (tertiary/aromatic N) is 4. The predicted octanol–water partition coefficient (Wildman–Crippen LogP) is 4.76. The van der Waals surface area contributed by atoms with E-state index in [1.165, 1.54) is 0 Å². The van der Waals surface area contributed by atoms with Crippen molar-refractivity contribution in [1.82, 2.24) is 19.0 Å². The predicted molar refractivity (Wildman–Crippen MR) is 132 cm³/mol. The molecule has 7 heteroatoms. The van der Waals surface area contributed by atoms with Crippen molar-refractivity contribution in [2.45, 2.75) is 52.2 Å². The lowest BCUT2D eigenvalue weighted by Crippen LogP contribution is -2.43. The highest BCUT2D eigenvalue weighted by Gasteiger charge is 2.25. The lowest BCUT2D eigenvalue weighted by atomic mass is 10.0. The average molecular weight is 463 g/mol. The third-order valence-electron chi connectivity index (χ3n) is 6.70. The van der Waals surface area contributed by atoms with Crippen molar-refractivity contribution in [2.24, 2.45) is 0 Å². The van der Waals surface area contributed by atoms with Crippen LogP contribution >= 0.6 is 11.6 Å². The van der Waals surface area contributed by atoms with Crippen molar-refractivity contribution in [3.05, 3.63) is 75.3 Å². The first-order valence-electron chi connectivity index (χ1n) is 11.4. The van der Waals surface area contributed by atoms with Gasteiger partial charge in [0.1, 0.15) is 17.6 Å². The van der Waals surface area contributed by atoms with Crippen LogP contribution in [-0.4, -0.2) is 37.5 Å². The van der Waals surface area contributed by atoms with Crippen LogP contribution in [0.1, 0.15) is 37.3 Å². The average Bonchev–Trinajstić information content (AvgIpc) is 3.10. The number of aromatic nitrogens is 3. The molecule has 1 saturated heterocycles. The molecule has 0 radical (unpaired) electrons. The van der Waals surface area contributed by atoms with Crippen LogP contribution in [0.2, 0.25) is 5.02 Å². The minimum absolute atomic E-state index is 0.0440. The molecule has 1 atom stereocenters. The first-order chi connectivity index (χ1) is 15.9. The molecule has 33 heavy (non-hydrogen) atoms. The standard InChI is InChI=1S/C26H27ClN4O2/c1-17-10-11-22-20(13-17)24-25(31(22)15-23(32)30-12-6-5-7-18(30)2)26(33)29(16-28-24)14-19-8-3-4-9-21(19)27/h3-4,8-11,13,16,18H,5-7,12,14-15H2,1-2H3. The molecule has 5 rings (SSSR count). The molecule has 2 aromatic heterocycles. The van der Waals surface area contributed by atoms with E-state index in [1.807, 2.05) is 58.9 Å². The molecular weight excluding hydrogens is 436 g/mol. The Morgan fingerprint density at radius 2 is 2.00 bits per heavy atom. The SMILES string of the molecule is Cc1ccc2c(c1)c1ncn(Cc3ccccc3Cl)c(=O)c1n2CC(=O)N1CCCCC1C. The molecule has 1 amide bonds. The molecule has 0 N–H and O–H groups in total. The van der Waals surface area contributed by atoms with Crippen LogP contribution in [0.25, 0.3) is 21.9 Å². The summed E-state index contributed by atoms with van der Waals surface area (Å²) in [5.41, 5.74) is 3.71. The molecule has 3 heterocycles. The highest BCUT2D eigenvalue weighted by Crippen LogP contribution is 2.27. The summed E-state index contributed by atoms with van der Waals surface area (Å²) in [5.74, 6) is 0.0440. The Morgan fingerprint density at radius 1 is 1.18 bits per heavy atom. The van der Waals surface area contributed by atoms with Gasteiger partial charge in [-0.1, -0.05) is 41.4 Å². The molecule has 1 aliphatic heterocycles. The quantitative estimate of drug-likeness (QED) is 0.439. The highest BCUT2D eigenvalue weighted by molar-refractivity contribution is 6.31. The second-order valence-electron chi connectivity index (χ2n) is 9.00. The fraction of sp³-hybridized carbons (Fsp3) is 0.346. The summed E-state index contributed by atoms with van der Waals surface area (Å²) in [6, 6.07) is 13.7. The molecule has 0 spiro atoms. The number of amides is 1. The number of piperidine rings is 1. The van der Waals surface area contributed by atoms with Gasteiger partial charge in [0.15, 0.2) is 0 Å². The summed E-state index contributed by atoms with van der Waals surface area (Å²) in [6.07, 6.45) is 4.77. The van der Waals surface area contributed by atoms with Gasteiger partial charge in [-0.25, -0.2) is 4.98 Å². The minimum atomic E-state index is -0.173. The van der Waals surface area contributed by atoms with Crippen LogP contribution in [0.4, 0.5) is 0 Å². The fourth-order valence-electron chi connectivity index (χ4n) is 4.90. The Bertz CT molecular complexity index is 1420. The lowest BCUT2D eigenvalue weighted by molar-refractivity contribution is -0.134. The second kappa shape index (κ2) is 8.67. The van der Waals surface area contributed by atoms with Crippen molar-refractivity contribution < 1.29 is 4.79 Å². The number of fused-ring (bicyclic) bond motifs is 3. The second-order valence-corrected chi connectivity index (χ2v) is 9.41. The molecule has 4 aromatic rings. The zero-order valence-corrected chi connectivity index (χ0v) is 19.7. The van der Waals surface area contributed by atoms with Crippen molar-refractivity contribution in [3.63, 3.8) is 0 Å². The van der Waals surface area contributed by atoms with Crippen LogP contribution < -0.4 is 5.56 Å². The summed E-state index contributed by atoms with van der Waals surface area (Å²) in [4.78, 5) is 33.6. The monoisotopic (exact) mass is 462 g/mol. The lowest BCUT2D eigenvalue weighted by Gasteiger charge is -2.33. The van der Waals surface area contributed by atoms with E-state index in [0.29, 0.717) is 22.6 Å². The maximum absolute atomic E-state index is 13.7. The van der Waals surface area contributed by atoms with Gasteiger partial charge in [0.05, 0.1) is 18.4 Å². The number of halogens is 1. The van der Waals surface area contributed by atoms with E-state index in [1.54, 1.807) is 10.9 Å². The molecule has 170 valence electrons. The molecule has 0 saturated carbocycles. The zero-order chi connectivity index (χ0) is 23.1. The Hall–Kier alpha value is -3.12. The van der Waals surface area contributed by atoms with E-state index < -0.39 is 0 Å². The molecule has 0 aliphatic carbocycles. The summed E-state index contributed by atoms with van der Waals surface area (Å²) in [7, 11) is 0. The van der Waals surface area contributed by atoms with Gasteiger partial charge >= 0.3 is 0 Å². The van der Waals surface area contributed by atoms with E-state index in [9.17, 15) is 9.59 Å². The van der Waals surface area contributed by atoms with Crippen molar-refractivity contribution in [2.75, 3.05) is 6.54 Å². The maximum Gasteiger partial charge on any atom is 0.278 e. The van der Waals surface area contributed by atoms with Crippen molar-refractivity contribution >= 4 is 39.4 Å². The highest BCUT2D eigenvalue weighted by atomic mass is 35.5. The van der Waals surface area contributed by atoms with E-state index in [-0.39, 0.29) is 24.1 Å². The van der Waals surface area contributed by atoms with Gasteiger partial charge in [-0.15, -0.1) is 0 Å². The molecule has 6 nitrogen and oxygen atoms in total. The van der Waals surface area contributed by atoms with Crippen LogP contribution in [0.15, 0.2) is 53.6 Å². The summed E-state index contributed by atoms with van der Waals surface area (Å²) >= 11 is 6.33. The smallest absolute Gasteiger partial charge is 0.278 e. The molecular formula is C26H27ClN4O2. The number of carbonyl (C=O) groups excluding carboxylic acids is 1. The molecule has 1 fully saturated rings. The Labute approximate surface area is 197 Å². The van der Waals surface area contributed by atoms with Gasteiger partial charge < -0.3 is 9.47 Å². The molecule has 0 bridgehead atoms. The van der Waals surface area contributed by atoms with Crippen molar-refractivity contribution in [1.29, 1.82) is 0 Å². The third kappa shape index (κ3) is 3.93. The number of aryl methyl sites for hydroxylation is 1. The first-order valence-corrected chi connectivity index (χ1v) is 11.8. The maximum atomic E-state index is 13.7. The normalized spacial score (nSPS) is 16.6. The molecule has 1 aliphatic rings. The van der Waals surface area contributed by atoms with Gasteiger partial charge in [0, 0.05) is 23.0 Å². The topological polar surface area (TPSA) is 60.1 Å². The number of carbonyl (C=O) groups is 1. The molecule has 2 aromatic carbocycles. The Morgan fingerprint density at radius 3 is 2.79 bits per heavy atom. The van der Waals surface area contributed by atoms with Crippen LogP contribution in [0, 0.1) is 6.92 Å². The third-order valence-corrected chi connectivity index (χ3v) is 7.07. The Kier molecular flexibility index (Phi) is 5.71. The number of benzene rings is 2. The van der Waals surface area contributed by atoms with Crippen LogP contribution in [-0.2, 0) is 17.9 Å². The van der Waals surface area contributed by atoms with Crippen LogP contribution in [0.5, 0.6) is 0 Å². The molecule has 1 unspecified atom stereocenters. The van der Waals surface area contributed by atoms with E-state index in [0.717, 1.165) is 47.8 Å². The van der Waals surface area contributed by atoms with E-state index in [4.69, 9.17) is 11.6 Å². The fourth-order valence-corrected chi connectivity index (χ4v) is 5.09. The van der Waals surface area contributed by atoms with Gasteiger partial charge in [-0.05, 0) is 56.9 Å². The summed E-state index contributed by atoms with van der Waals surface area (Å²) < 4.78 is 3.42. The van der Waals surface area contributed by atoms with E-state index in [2.05, 4.69) is 11.9 Å². The zero-order valence-electron chi connectivity index (χ0n) is 18.9. The number of likely N-dealkylation sites (tertiary alicyclic amines) is 1. The largest absolute Gasteiger partial charge is 0.338 e. The van der Waals surface area contributed by atoms with Gasteiger partial charge in [0.2, 0.25) is 5.91 Å². The summed E-state index contributed by atoms with van der Waals surface area (Å²) in [6.45, 7) is 5.33. The first kappa shape index (κ1) is 21.7. The number of hydrogen-bond acceptors (Lipinski definition) is 3. The van der Waals surface area contributed by atoms with Gasteiger partial charge in [0.25, 0.3) is 5.56 Å². The van der Waals surface area contributed by atoms with E-state index >= 15 is 0 Å². The Balaban J connectivity index is 1.65. The number of hydrogen-bond donors (Lipinski definition) is 0. The summed E-state index contributed by atoms with van der Waals surface area (Å²) in [5, 5.41) is 1.50. The minimum Gasteiger partial charge on any atom is -0.338 e. The van der Waals surface area contributed by atoms with Gasteiger partial charge in [-0.2, -0.15) is 0 Å². The number of rotatable bonds is 4. The van der Waals surface area contributed by atoms with Crippen LogP contribution in [0.3, 0.4) is 0 Å².